The summed E-state index contributed by atoms with van der Waals surface area (Å²) in [6.07, 6.45) is 16.0. The topological polar surface area (TPSA) is 42.2 Å². The van der Waals surface area contributed by atoms with Crippen molar-refractivity contribution in [3.05, 3.63) is 75.2 Å². The van der Waals surface area contributed by atoms with E-state index in [1.54, 1.807) is 11.3 Å². The van der Waals surface area contributed by atoms with Crippen molar-refractivity contribution in [2.75, 3.05) is 11.9 Å². The Morgan fingerprint density at radius 2 is 1.62 bits per heavy atom. The molecule has 212 valence electrons. The van der Waals surface area contributed by atoms with Crippen LogP contribution in [0.1, 0.15) is 101 Å². The van der Waals surface area contributed by atoms with Crippen molar-refractivity contribution >= 4 is 34.5 Å². The molecule has 0 atom stereocenters. The molecule has 0 aliphatic carbocycles. The van der Waals surface area contributed by atoms with Gasteiger partial charge in [-0.3, -0.25) is 4.79 Å². The van der Waals surface area contributed by atoms with Gasteiger partial charge in [-0.05, 0) is 30.7 Å². The molecule has 0 bridgehead atoms. The molecule has 3 aromatic rings. The van der Waals surface area contributed by atoms with Crippen LogP contribution in [0.3, 0.4) is 0 Å². The zero-order chi connectivity index (χ0) is 27.7. The number of ether oxygens (including phenoxy) is 1. The summed E-state index contributed by atoms with van der Waals surface area (Å²) in [7, 11) is 0. The zero-order valence-electron chi connectivity index (χ0n) is 23.9. The molecule has 1 amide bonds. The van der Waals surface area contributed by atoms with Crippen LogP contribution in [-0.4, -0.2) is 12.5 Å². The highest BCUT2D eigenvalue weighted by atomic mass is 35.5. The van der Waals surface area contributed by atoms with E-state index in [-0.39, 0.29) is 12.3 Å². The molecule has 0 radical (unpaired) electrons. The summed E-state index contributed by atoms with van der Waals surface area (Å²) in [5.41, 5.74) is 6.15. The minimum atomic E-state index is -0.0657. The third-order valence-electron chi connectivity index (χ3n) is 7.08. The number of hydrogen-bond acceptors (Lipinski definition) is 3. The number of aromatic nitrogens is 1. The number of hydrogen-bond donors (Lipinski definition) is 1. The lowest BCUT2D eigenvalue weighted by Crippen LogP contribution is -2.34. The fourth-order valence-electron chi connectivity index (χ4n) is 4.77. The number of aryl methyl sites for hydroxylation is 1. The van der Waals surface area contributed by atoms with E-state index in [1.165, 1.54) is 76.3 Å². The van der Waals surface area contributed by atoms with Crippen LogP contribution < -0.4 is 14.6 Å². The van der Waals surface area contributed by atoms with E-state index in [4.69, 9.17) is 16.3 Å². The normalized spacial score (nSPS) is 11.1. The molecule has 1 aromatic heterocycles. The average Bonchev–Trinajstić information content (AvgIpc) is 3.32. The standard InChI is InChI=1S/C33H45ClN2O2S/c1-3-4-5-6-7-8-9-10-11-12-13-14-20-38-32-23-30(34)19-18-29(32)22-33(37)35-31-17-15-16-28(21-31)24-36-26-39-25-27(36)2/h15-19,21,23,25-26H,3-14,20,22,24H2,1-2H3/p+1. The van der Waals surface area contributed by atoms with E-state index < -0.39 is 0 Å². The molecular formula is C33H46ClN2O2S+. The molecular weight excluding hydrogens is 524 g/mol. The largest absolute Gasteiger partial charge is 0.493 e. The highest BCUT2D eigenvalue weighted by Gasteiger charge is 2.12. The molecule has 3 rings (SSSR count). The van der Waals surface area contributed by atoms with E-state index in [0.29, 0.717) is 17.4 Å². The Morgan fingerprint density at radius 1 is 0.923 bits per heavy atom. The van der Waals surface area contributed by atoms with Crippen LogP contribution >= 0.6 is 22.9 Å². The van der Waals surface area contributed by atoms with Crippen molar-refractivity contribution in [2.24, 2.45) is 0 Å². The zero-order valence-corrected chi connectivity index (χ0v) is 25.4. The lowest BCUT2D eigenvalue weighted by Gasteiger charge is -2.13. The quantitative estimate of drug-likeness (QED) is 0.115. The third-order valence-corrected chi connectivity index (χ3v) is 8.17. The van der Waals surface area contributed by atoms with Gasteiger partial charge >= 0.3 is 0 Å². The highest BCUT2D eigenvalue weighted by Crippen LogP contribution is 2.25. The van der Waals surface area contributed by atoms with Gasteiger partial charge in [0.15, 0.2) is 12.2 Å². The van der Waals surface area contributed by atoms with Gasteiger partial charge in [-0.15, -0.1) is 0 Å². The first kappa shape index (κ1) is 31.2. The molecule has 0 aliphatic rings. The van der Waals surface area contributed by atoms with E-state index >= 15 is 0 Å². The number of carbonyl (C=O) groups is 1. The molecule has 0 aliphatic heterocycles. The molecule has 6 heteroatoms. The summed E-state index contributed by atoms with van der Waals surface area (Å²) >= 11 is 7.94. The fraction of sp³-hybridized carbons (Fsp3) is 0.515. The second-order valence-electron chi connectivity index (χ2n) is 10.5. The smallest absolute Gasteiger partial charge is 0.228 e. The average molecular weight is 570 g/mol. The van der Waals surface area contributed by atoms with Crippen molar-refractivity contribution < 1.29 is 14.1 Å². The summed E-state index contributed by atoms with van der Waals surface area (Å²) in [5.74, 6) is 0.642. The van der Waals surface area contributed by atoms with Gasteiger partial charge in [-0.1, -0.05) is 119 Å². The lowest BCUT2D eigenvalue weighted by atomic mass is 10.1. The number of unbranched alkanes of at least 4 members (excludes halogenated alkanes) is 11. The fourth-order valence-corrected chi connectivity index (χ4v) is 5.71. The van der Waals surface area contributed by atoms with Crippen molar-refractivity contribution in [3.8, 4) is 5.75 Å². The molecule has 2 aromatic carbocycles. The van der Waals surface area contributed by atoms with Crippen molar-refractivity contribution in [3.63, 3.8) is 0 Å². The van der Waals surface area contributed by atoms with Gasteiger partial charge in [0.2, 0.25) is 11.4 Å². The molecule has 0 unspecified atom stereocenters. The Labute approximate surface area is 244 Å². The monoisotopic (exact) mass is 569 g/mol. The Balaban J connectivity index is 1.37. The number of rotatable bonds is 19. The molecule has 0 saturated carbocycles. The second kappa shape index (κ2) is 18.1. The SMILES string of the molecule is CCCCCCCCCCCCCCOc1cc(Cl)ccc1CC(=O)Nc1cccc(C[n+]2cscc2C)c1. The molecule has 1 heterocycles. The lowest BCUT2D eigenvalue weighted by molar-refractivity contribution is -0.689. The van der Waals surface area contributed by atoms with Crippen LogP contribution in [0, 0.1) is 6.92 Å². The number of benzene rings is 2. The summed E-state index contributed by atoms with van der Waals surface area (Å²) in [5, 5.41) is 5.81. The van der Waals surface area contributed by atoms with Crippen molar-refractivity contribution in [2.45, 2.75) is 104 Å². The number of anilines is 1. The number of nitrogens with one attached hydrogen (secondary N) is 1. The van der Waals surface area contributed by atoms with Gasteiger partial charge in [0.25, 0.3) is 0 Å². The first-order valence-electron chi connectivity index (χ1n) is 14.8. The molecule has 0 fully saturated rings. The van der Waals surface area contributed by atoms with Crippen LogP contribution in [0.2, 0.25) is 5.02 Å². The number of carbonyl (C=O) groups excluding carboxylic acids is 1. The van der Waals surface area contributed by atoms with E-state index in [9.17, 15) is 4.79 Å². The second-order valence-corrected chi connectivity index (χ2v) is 11.7. The maximum atomic E-state index is 12.9. The number of thiazole rings is 1. The van der Waals surface area contributed by atoms with Gasteiger partial charge in [0.05, 0.1) is 18.4 Å². The Kier molecular flexibility index (Phi) is 14.4. The Morgan fingerprint density at radius 3 is 2.28 bits per heavy atom. The molecule has 0 spiro atoms. The Bertz CT molecular complexity index is 1130. The van der Waals surface area contributed by atoms with Crippen molar-refractivity contribution in [1.82, 2.24) is 0 Å². The summed E-state index contributed by atoms with van der Waals surface area (Å²) in [6, 6.07) is 13.6. The van der Waals surface area contributed by atoms with Gasteiger partial charge in [-0.2, -0.15) is 4.57 Å². The molecule has 4 nitrogen and oxygen atoms in total. The summed E-state index contributed by atoms with van der Waals surface area (Å²) < 4.78 is 8.29. The van der Waals surface area contributed by atoms with E-state index in [1.807, 2.05) is 36.4 Å². The summed E-state index contributed by atoms with van der Waals surface area (Å²) in [6.45, 7) is 5.81. The maximum Gasteiger partial charge on any atom is 0.228 e. The Hall–Kier alpha value is -2.37. The predicted octanol–water partition coefficient (Wildman–Crippen LogP) is 9.31. The number of halogens is 1. The van der Waals surface area contributed by atoms with Gasteiger partial charge < -0.3 is 10.1 Å². The highest BCUT2D eigenvalue weighted by molar-refractivity contribution is 7.07. The van der Waals surface area contributed by atoms with Crippen LogP contribution in [-0.2, 0) is 17.8 Å². The van der Waals surface area contributed by atoms with Gasteiger partial charge in [0.1, 0.15) is 5.75 Å². The summed E-state index contributed by atoms with van der Waals surface area (Å²) in [4.78, 5) is 12.9. The van der Waals surface area contributed by atoms with Gasteiger partial charge in [-0.25, -0.2) is 0 Å². The molecule has 0 saturated heterocycles. The van der Waals surface area contributed by atoms with E-state index in [0.717, 1.165) is 29.8 Å². The minimum Gasteiger partial charge on any atom is -0.493 e. The minimum absolute atomic E-state index is 0.0657. The van der Waals surface area contributed by atoms with Crippen LogP contribution in [0.4, 0.5) is 5.69 Å². The number of amides is 1. The number of nitrogens with zero attached hydrogens (tertiary/aromatic N) is 1. The van der Waals surface area contributed by atoms with Gasteiger partial charge in [0, 0.05) is 28.8 Å². The molecule has 1 N–H and O–H groups in total. The predicted molar refractivity (Wildman–Crippen MR) is 165 cm³/mol. The maximum absolute atomic E-state index is 12.9. The molecule has 39 heavy (non-hydrogen) atoms. The van der Waals surface area contributed by atoms with Crippen LogP contribution in [0.5, 0.6) is 5.75 Å². The first-order valence-corrected chi connectivity index (χ1v) is 16.1. The first-order chi connectivity index (χ1) is 19.0. The van der Waals surface area contributed by atoms with E-state index in [2.05, 4.69) is 40.7 Å². The van der Waals surface area contributed by atoms with Crippen molar-refractivity contribution in [1.29, 1.82) is 0 Å². The van der Waals surface area contributed by atoms with Crippen LogP contribution in [0.25, 0.3) is 0 Å². The third kappa shape index (κ3) is 12.1. The van der Waals surface area contributed by atoms with Crippen LogP contribution in [0.15, 0.2) is 53.4 Å².